The molecule has 0 aromatic heterocycles. The number of alkyl halides is 1. The third-order valence-electron chi connectivity index (χ3n) is 4.29. The molecule has 16 heavy (non-hydrogen) atoms. The molecule has 0 N–H and O–H groups in total. The van der Waals surface area contributed by atoms with Crippen LogP contribution in [0.3, 0.4) is 0 Å². The summed E-state index contributed by atoms with van der Waals surface area (Å²) in [5, 5.41) is 0. The van der Waals surface area contributed by atoms with Gasteiger partial charge < -0.3 is 9.80 Å². The minimum Gasteiger partial charge on any atom is -0.303 e. The van der Waals surface area contributed by atoms with Crippen LogP contribution < -0.4 is 0 Å². The lowest BCUT2D eigenvalue weighted by Gasteiger charge is -2.42. The maximum atomic E-state index is 13.9. The first-order valence-corrected chi connectivity index (χ1v) is 6.59. The number of rotatable bonds is 3. The zero-order valence-corrected chi connectivity index (χ0v) is 10.8. The van der Waals surface area contributed by atoms with Crippen molar-refractivity contribution >= 4 is 0 Å². The summed E-state index contributed by atoms with van der Waals surface area (Å²) in [6, 6.07) is 0.159. The minimum absolute atomic E-state index is 0.159. The molecule has 2 atom stereocenters. The molecule has 2 rings (SSSR count). The van der Waals surface area contributed by atoms with Crippen LogP contribution in [0.15, 0.2) is 0 Å². The van der Waals surface area contributed by atoms with Gasteiger partial charge in [0.1, 0.15) is 6.17 Å². The second kappa shape index (κ2) is 5.01. The van der Waals surface area contributed by atoms with Crippen molar-refractivity contribution in [2.24, 2.45) is 11.8 Å². The van der Waals surface area contributed by atoms with Crippen molar-refractivity contribution in [1.29, 1.82) is 0 Å². The van der Waals surface area contributed by atoms with Crippen molar-refractivity contribution in [3.05, 3.63) is 0 Å². The van der Waals surface area contributed by atoms with Gasteiger partial charge in [-0.25, -0.2) is 4.39 Å². The van der Waals surface area contributed by atoms with Gasteiger partial charge in [0.2, 0.25) is 0 Å². The Morgan fingerprint density at radius 3 is 2.62 bits per heavy atom. The summed E-state index contributed by atoms with van der Waals surface area (Å²) in [7, 11) is 4.11. The Balaban J connectivity index is 1.77. The molecule has 1 aliphatic heterocycles. The summed E-state index contributed by atoms with van der Waals surface area (Å²) in [5.74, 6) is 1.73. The molecule has 1 saturated carbocycles. The summed E-state index contributed by atoms with van der Waals surface area (Å²) in [5.41, 5.74) is 0. The van der Waals surface area contributed by atoms with Gasteiger partial charge in [0, 0.05) is 19.1 Å². The lowest BCUT2D eigenvalue weighted by molar-refractivity contribution is 0.0349. The third-order valence-corrected chi connectivity index (χ3v) is 4.29. The van der Waals surface area contributed by atoms with Crippen molar-refractivity contribution in [3.63, 3.8) is 0 Å². The van der Waals surface area contributed by atoms with Crippen LogP contribution in [0.1, 0.15) is 26.2 Å². The van der Waals surface area contributed by atoms with Gasteiger partial charge in [0.25, 0.3) is 0 Å². The van der Waals surface area contributed by atoms with Gasteiger partial charge in [0.05, 0.1) is 0 Å². The smallest absolute Gasteiger partial charge is 0.128 e. The molecule has 94 valence electrons. The molecular weight excluding hydrogens is 203 g/mol. The van der Waals surface area contributed by atoms with E-state index in [9.17, 15) is 4.39 Å². The zero-order chi connectivity index (χ0) is 11.7. The van der Waals surface area contributed by atoms with E-state index in [2.05, 4.69) is 23.8 Å². The molecule has 0 radical (unpaired) electrons. The van der Waals surface area contributed by atoms with Crippen LogP contribution in [-0.4, -0.2) is 55.7 Å². The average Bonchev–Trinajstić information content (AvgIpc) is 2.15. The first kappa shape index (κ1) is 12.3. The highest BCUT2D eigenvalue weighted by atomic mass is 19.1. The molecule has 0 amide bonds. The van der Waals surface area contributed by atoms with Crippen LogP contribution >= 0.6 is 0 Å². The number of nitrogens with zero attached hydrogens (tertiary/aromatic N) is 2. The largest absolute Gasteiger partial charge is 0.303 e. The maximum Gasteiger partial charge on any atom is 0.128 e. The lowest BCUT2D eigenvalue weighted by atomic mass is 9.76. The number of piperidine rings is 1. The lowest BCUT2D eigenvalue weighted by Crippen LogP contribution is -2.51. The van der Waals surface area contributed by atoms with Gasteiger partial charge in [-0.05, 0) is 51.7 Å². The molecule has 2 nitrogen and oxygen atoms in total. The van der Waals surface area contributed by atoms with E-state index in [1.165, 1.54) is 12.8 Å². The first-order valence-electron chi connectivity index (χ1n) is 6.59. The van der Waals surface area contributed by atoms with Crippen LogP contribution in [0.5, 0.6) is 0 Å². The van der Waals surface area contributed by atoms with E-state index in [4.69, 9.17) is 0 Å². The normalized spacial score (nSPS) is 41.1. The van der Waals surface area contributed by atoms with E-state index in [-0.39, 0.29) is 6.04 Å². The summed E-state index contributed by atoms with van der Waals surface area (Å²) in [4.78, 5) is 4.37. The predicted octanol–water partition coefficient (Wildman–Crippen LogP) is 2.01. The van der Waals surface area contributed by atoms with E-state index >= 15 is 0 Å². The standard InChI is InChI=1S/C13H25FN2/c1-10-6-11(7-10)8-16(3)13-4-5-15(2)9-12(13)14/h10-13H,4-9H2,1-3H3. The van der Waals surface area contributed by atoms with E-state index in [0.717, 1.165) is 31.3 Å². The average molecular weight is 228 g/mol. The first-order chi connectivity index (χ1) is 7.56. The Hall–Kier alpha value is -0.150. The monoisotopic (exact) mass is 228 g/mol. The van der Waals surface area contributed by atoms with Crippen LogP contribution in [0.2, 0.25) is 0 Å². The van der Waals surface area contributed by atoms with Gasteiger partial charge in [-0.15, -0.1) is 0 Å². The van der Waals surface area contributed by atoms with Crippen LogP contribution in [0, 0.1) is 11.8 Å². The molecule has 0 spiro atoms. The number of likely N-dealkylation sites (tertiary alicyclic amines) is 1. The quantitative estimate of drug-likeness (QED) is 0.729. The van der Waals surface area contributed by atoms with Crippen LogP contribution in [0.4, 0.5) is 4.39 Å². The van der Waals surface area contributed by atoms with E-state index in [1.807, 2.05) is 7.05 Å². The molecule has 1 aliphatic carbocycles. The fourth-order valence-electron chi connectivity index (χ4n) is 3.30. The summed E-state index contributed by atoms with van der Waals surface area (Å²) in [6.45, 7) is 5.05. The second-order valence-electron chi connectivity index (χ2n) is 6.02. The fraction of sp³-hybridized carbons (Fsp3) is 1.00. The number of halogens is 1. The molecule has 0 aromatic rings. The molecule has 1 saturated heterocycles. The van der Waals surface area contributed by atoms with Gasteiger partial charge >= 0.3 is 0 Å². The summed E-state index contributed by atoms with van der Waals surface area (Å²) < 4.78 is 13.9. The highest BCUT2D eigenvalue weighted by molar-refractivity contribution is 4.87. The Morgan fingerprint density at radius 2 is 2.06 bits per heavy atom. The molecule has 1 heterocycles. The molecule has 2 unspecified atom stereocenters. The topological polar surface area (TPSA) is 6.48 Å². The molecule has 3 heteroatoms. The number of hydrogen-bond donors (Lipinski definition) is 0. The van der Waals surface area contributed by atoms with Crippen molar-refractivity contribution < 1.29 is 4.39 Å². The van der Waals surface area contributed by atoms with E-state index < -0.39 is 6.17 Å². The predicted molar refractivity (Wildman–Crippen MR) is 65.3 cm³/mol. The molecular formula is C13H25FN2. The van der Waals surface area contributed by atoms with Crippen molar-refractivity contribution in [2.75, 3.05) is 33.7 Å². The van der Waals surface area contributed by atoms with E-state index in [0.29, 0.717) is 6.54 Å². The SMILES string of the molecule is CC1CC(CN(C)C2CCN(C)CC2F)C1. The van der Waals surface area contributed by atoms with Crippen LogP contribution in [0.25, 0.3) is 0 Å². The van der Waals surface area contributed by atoms with Crippen LogP contribution in [-0.2, 0) is 0 Å². The Bertz CT molecular complexity index is 228. The van der Waals surface area contributed by atoms with Crippen molar-refractivity contribution in [2.45, 2.75) is 38.4 Å². The van der Waals surface area contributed by atoms with Gasteiger partial charge in [-0.2, -0.15) is 0 Å². The van der Waals surface area contributed by atoms with Gasteiger partial charge in [-0.1, -0.05) is 6.92 Å². The molecule has 2 aliphatic rings. The van der Waals surface area contributed by atoms with Gasteiger partial charge in [-0.3, -0.25) is 0 Å². The molecule has 0 bridgehead atoms. The highest BCUT2D eigenvalue weighted by Gasteiger charge is 2.33. The Labute approximate surface area is 98.8 Å². The minimum atomic E-state index is -0.666. The Kier molecular flexibility index (Phi) is 3.85. The maximum absolute atomic E-state index is 13.9. The Morgan fingerprint density at radius 1 is 1.38 bits per heavy atom. The van der Waals surface area contributed by atoms with Crippen molar-refractivity contribution in [1.82, 2.24) is 9.80 Å². The van der Waals surface area contributed by atoms with E-state index in [1.54, 1.807) is 0 Å². The summed E-state index contributed by atoms with van der Waals surface area (Å²) >= 11 is 0. The molecule has 2 fully saturated rings. The number of hydrogen-bond acceptors (Lipinski definition) is 2. The van der Waals surface area contributed by atoms with Gasteiger partial charge in [0.15, 0.2) is 0 Å². The highest BCUT2D eigenvalue weighted by Crippen LogP contribution is 2.34. The molecule has 0 aromatic carbocycles. The zero-order valence-electron chi connectivity index (χ0n) is 10.8. The second-order valence-corrected chi connectivity index (χ2v) is 6.02. The van der Waals surface area contributed by atoms with Crippen molar-refractivity contribution in [3.8, 4) is 0 Å². The summed E-state index contributed by atoms with van der Waals surface area (Å²) in [6.07, 6.45) is 3.00. The fourth-order valence-corrected chi connectivity index (χ4v) is 3.30. The third kappa shape index (κ3) is 2.75.